The molecule has 22 heavy (non-hydrogen) atoms. The molecule has 1 aliphatic carbocycles. The molecule has 0 amide bonds. The number of likely N-dealkylation sites (N-methyl/N-ethyl adjacent to an activating group) is 1. The Labute approximate surface area is 134 Å². The predicted molar refractivity (Wildman–Crippen MR) is 91.5 cm³/mol. The molecule has 3 N–H and O–H groups in total. The van der Waals surface area contributed by atoms with Gasteiger partial charge in [0.25, 0.3) is 0 Å². The molecule has 5 heteroatoms. The summed E-state index contributed by atoms with van der Waals surface area (Å²) in [5.74, 6) is 0.871. The van der Waals surface area contributed by atoms with Crippen molar-refractivity contribution >= 4 is 0 Å². The van der Waals surface area contributed by atoms with Gasteiger partial charge >= 0.3 is 0 Å². The zero-order valence-corrected chi connectivity index (χ0v) is 14.0. The van der Waals surface area contributed by atoms with Gasteiger partial charge in [-0.1, -0.05) is 12.2 Å². The van der Waals surface area contributed by atoms with E-state index >= 15 is 0 Å². The van der Waals surface area contributed by atoms with E-state index in [0.29, 0.717) is 0 Å². The van der Waals surface area contributed by atoms with Crippen LogP contribution in [0.1, 0.15) is 12.8 Å². The van der Waals surface area contributed by atoms with Crippen LogP contribution in [0.4, 0.5) is 0 Å². The Hall–Kier alpha value is -1.30. The number of rotatable bonds is 6. The minimum Gasteiger partial charge on any atom is -0.496 e. The Morgan fingerprint density at radius 3 is 2.91 bits per heavy atom. The molecule has 124 valence electrons. The van der Waals surface area contributed by atoms with Crippen molar-refractivity contribution in [2.24, 2.45) is 5.73 Å². The molecule has 1 aliphatic heterocycles. The summed E-state index contributed by atoms with van der Waals surface area (Å²) in [6.45, 7) is 7.70. The normalized spacial score (nSPS) is 21.5. The van der Waals surface area contributed by atoms with Gasteiger partial charge in [0.05, 0.1) is 7.11 Å². The van der Waals surface area contributed by atoms with Gasteiger partial charge in [-0.25, -0.2) is 0 Å². The first-order valence-corrected chi connectivity index (χ1v) is 8.21. The van der Waals surface area contributed by atoms with Crippen molar-refractivity contribution < 1.29 is 4.74 Å². The number of nitrogens with zero attached hydrogens (tertiary/aromatic N) is 2. The number of hydrogen-bond donors (Lipinski definition) is 2. The zero-order chi connectivity index (χ0) is 15.8. The zero-order valence-electron chi connectivity index (χ0n) is 14.0. The van der Waals surface area contributed by atoms with E-state index in [0.717, 1.165) is 37.5 Å². The van der Waals surface area contributed by atoms with Gasteiger partial charge in [0.2, 0.25) is 0 Å². The third-order valence-electron chi connectivity index (χ3n) is 4.28. The Balaban J connectivity index is 1.72. The van der Waals surface area contributed by atoms with Crippen molar-refractivity contribution in [1.82, 2.24) is 15.1 Å². The highest BCUT2D eigenvalue weighted by atomic mass is 16.5. The molecule has 0 bridgehead atoms. The monoisotopic (exact) mass is 306 g/mol. The van der Waals surface area contributed by atoms with Gasteiger partial charge in [0.15, 0.2) is 0 Å². The maximum absolute atomic E-state index is 5.88. The first-order valence-electron chi connectivity index (χ1n) is 8.21. The van der Waals surface area contributed by atoms with E-state index in [9.17, 15) is 0 Å². The summed E-state index contributed by atoms with van der Waals surface area (Å²) >= 11 is 0. The Morgan fingerprint density at radius 2 is 2.09 bits per heavy atom. The summed E-state index contributed by atoms with van der Waals surface area (Å²) < 4.78 is 5.45. The lowest BCUT2D eigenvalue weighted by molar-refractivity contribution is 0.275. The second-order valence-corrected chi connectivity index (χ2v) is 6.06. The third kappa shape index (κ3) is 5.48. The first-order chi connectivity index (χ1) is 10.7. The Kier molecular flexibility index (Phi) is 6.96. The smallest absolute Gasteiger partial charge is 0.125 e. The van der Waals surface area contributed by atoms with Crippen LogP contribution in [0.3, 0.4) is 0 Å². The van der Waals surface area contributed by atoms with Crippen molar-refractivity contribution in [3.8, 4) is 0 Å². The van der Waals surface area contributed by atoms with Crippen LogP contribution in [0.5, 0.6) is 0 Å². The van der Waals surface area contributed by atoms with Crippen LogP contribution in [0.25, 0.3) is 0 Å². The summed E-state index contributed by atoms with van der Waals surface area (Å²) in [5.41, 5.74) is 7.85. The van der Waals surface area contributed by atoms with Crippen LogP contribution >= 0.6 is 0 Å². The molecule has 0 unspecified atom stereocenters. The fourth-order valence-electron chi connectivity index (χ4n) is 2.87. The standard InChI is InChI=1S/C17H30N4O/c1-20-8-4-9-21(12-11-20)10-7-19-14-15-5-3-6-16(18)13-17(15)22-2/h5-6,13,19H,3-4,7-12,14,18H2,1-2H3. The topological polar surface area (TPSA) is 53.8 Å². The quantitative estimate of drug-likeness (QED) is 0.715. The lowest BCUT2D eigenvalue weighted by Crippen LogP contribution is -2.35. The average molecular weight is 306 g/mol. The van der Waals surface area contributed by atoms with E-state index in [1.807, 2.05) is 12.2 Å². The third-order valence-corrected chi connectivity index (χ3v) is 4.28. The summed E-state index contributed by atoms with van der Waals surface area (Å²) in [6, 6.07) is 0. The summed E-state index contributed by atoms with van der Waals surface area (Å²) in [6.07, 6.45) is 8.24. The average Bonchev–Trinajstić information content (AvgIpc) is 2.82. The first kappa shape index (κ1) is 17.1. The predicted octanol–water partition coefficient (Wildman–Crippen LogP) is 0.917. The second kappa shape index (κ2) is 8.98. The minimum absolute atomic E-state index is 0.775. The largest absolute Gasteiger partial charge is 0.496 e. The second-order valence-electron chi connectivity index (χ2n) is 6.06. The van der Waals surface area contributed by atoms with Gasteiger partial charge in [-0.3, -0.25) is 0 Å². The van der Waals surface area contributed by atoms with E-state index in [4.69, 9.17) is 10.5 Å². The number of methoxy groups -OCH3 is 1. The molecule has 2 rings (SSSR count). The molecule has 0 aromatic carbocycles. The molecule has 0 atom stereocenters. The number of ether oxygens (including phenoxy) is 1. The van der Waals surface area contributed by atoms with Crippen LogP contribution < -0.4 is 11.1 Å². The molecular weight excluding hydrogens is 276 g/mol. The number of nitrogens with two attached hydrogens (primary N) is 1. The molecule has 5 nitrogen and oxygen atoms in total. The van der Waals surface area contributed by atoms with E-state index in [2.05, 4.69) is 28.2 Å². The minimum atomic E-state index is 0.775. The fourth-order valence-corrected chi connectivity index (χ4v) is 2.87. The summed E-state index contributed by atoms with van der Waals surface area (Å²) in [7, 11) is 3.91. The molecule has 0 aromatic heterocycles. The van der Waals surface area contributed by atoms with E-state index in [1.54, 1.807) is 7.11 Å². The molecule has 0 saturated carbocycles. The lowest BCUT2D eigenvalue weighted by atomic mass is 10.2. The van der Waals surface area contributed by atoms with Crippen LogP contribution in [0.2, 0.25) is 0 Å². The highest BCUT2D eigenvalue weighted by Gasteiger charge is 2.12. The van der Waals surface area contributed by atoms with Crippen LogP contribution in [-0.2, 0) is 4.74 Å². The molecule has 0 spiro atoms. The molecule has 1 heterocycles. The van der Waals surface area contributed by atoms with Gasteiger partial charge in [0, 0.05) is 50.1 Å². The molecule has 1 fully saturated rings. The molecule has 0 radical (unpaired) electrons. The maximum Gasteiger partial charge on any atom is 0.125 e. The maximum atomic E-state index is 5.88. The number of hydrogen-bond acceptors (Lipinski definition) is 5. The Bertz CT molecular complexity index is 442. The fraction of sp³-hybridized carbons (Fsp3) is 0.647. The van der Waals surface area contributed by atoms with E-state index in [-0.39, 0.29) is 0 Å². The summed E-state index contributed by atoms with van der Waals surface area (Å²) in [5, 5.41) is 3.53. The van der Waals surface area contributed by atoms with Gasteiger partial charge in [-0.2, -0.15) is 0 Å². The highest BCUT2D eigenvalue weighted by Crippen LogP contribution is 2.16. The van der Waals surface area contributed by atoms with Crippen molar-refractivity contribution in [2.45, 2.75) is 12.8 Å². The van der Waals surface area contributed by atoms with Gasteiger partial charge in [0.1, 0.15) is 5.76 Å². The van der Waals surface area contributed by atoms with Crippen molar-refractivity contribution in [1.29, 1.82) is 0 Å². The van der Waals surface area contributed by atoms with Crippen LogP contribution in [-0.4, -0.2) is 69.8 Å². The van der Waals surface area contributed by atoms with Gasteiger partial charge in [-0.15, -0.1) is 0 Å². The molecule has 1 saturated heterocycles. The summed E-state index contributed by atoms with van der Waals surface area (Å²) in [4.78, 5) is 4.96. The molecular formula is C17H30N4O. The number of nitrogens with one attached hydrogen (secondary N) is 1. The van der Waals surface area contributed by atoms with E-state index < -0.39 is 0 Å². The van der Waals surface area contributed by atoms with Crippen molar-refractivity contribution in [3.05, 3.63) is 35.3 Å². The van der Waals surface area contributed by atoms with Crippen LogP contribution in [0, 0.1) is 0 Å². The molecule has 0 aromatic rings. The molecule has 2 aliphatic rings. The van der Waals surface area contributed by atoms with Crippen molar-refractivity contribution in [2.75, 3.05) is 60.0 Å². The van der Waals surface area contributed by atoms with Crippen molar-refractivity contribution in [3.63, 3.8) is 0 Å². The lowest BCUT2D eigenvalue weighted by Gasteiger charge is -2.20. The SMILES string of the molecule is COC1=CC(N)=CCC=C1CNCCN1CCCN(C)CC1. The Morgan fingerprint density at radius 1 is 1.23 bits per heavy atom. The number of allylic oxidation sites excluding steroid dienone is 3. The van der Waals surface area contributed by atoms with E-state index in [1.165, 1.54) is 38.2 Å². The highest BCUT2D eigenvalue weighted by molar-refractivity contribution is 5.36. The van der Waals surface area contributed by atoms with Gasteiger partial charge < -0.3 is 25.6 Å². The van der Waals surface area contributed by atoms with Crippen LogP contribution in [0.15, 0.2) is 35.3 Å². The van der Waals surface area contributed by atoms with Gasteiger partial charge in [-0.05, 0) is 33.0 Å².